The molecule has 0 aliphatic heterocycles. The first-order valence-corrected chi connectivity index (χ1v) is 5.39. The Kier molecular flexibility index (Phi) is 4.50. The molecule has 0 bridgehead atoms. The van der Waals surface area contributed by atoms with E-state index >= 15 is 0 Å². The van der Waals surface area contributed by atoms with Gasteiger partial charge < -0.3 is 15.7 Å². The first kappa shape index (κ1) is 13.0. The Labute approximate surface area is 98.8 Å². The average Bonchev–Trinajstić information content (AvgIpc) is 2.73. The number of aromatic nitrogens is 2. The summed E-state index contributed by atoms with van der Waals surface area (Å²) < 4.78 is 1.66. The van der Waals surface area contributed by atoms with Crippen molar-refractivity contribution in [1.29, 1.82) is 0 Å². The lowest BCUT2D eigenvalue weighted by atomic mass is 10.2. The molecule has 1 aromatic heterocycles. The van der Waals surface area contributed by atoms with Crippen molar-refractivity contribution < 1.29 is 14.7 Å². The molecule has 0 fully saturated rings. The van der Waals surface area contributed by atoms with Crippen molar-refractivity contribution in [3.05, 3.63) is 12.4 Å². The smallest absolute Gasteiger partial charge is 0.326 e. The molecule has 1 atom stereocenters. The summed E-state index contributed by atoms with van der Waals surface area (Å²) in [4.78, 5) is 22.2. The number of hydrogen-bond donors (Lipinski definition) is 3. The second kappa shape index (κ2) is 5.88. The van der Waals surface area contributed by atoms with E-state index in [1.54, 1.807) is 17.8 Å². The first-order chi connectivity index (χ1) is 8.06. The Hall–Kier alpha value is -2.05. The lowest BCUT2D eigenvalue weighted by Gasteiger charge is -2.12. The third-order valence-corrected chi connectivity index (χ3v) is 2.23. The number of carboxylic acids is 1. The second-order valence-corrected chi connectivity index (χ2v) is 3.48. The van der Waals surface area contributed by atoms with E-state index in [1.807, 2.05) is 6.92 Å². The van der Waals surface area contributed by atoms with E-state index in [2.05, 4.69) is 15.7 Å². The first-order valence-electron chi connectivity index (χ1n) is 5.39. The van der Waals surface area contributed by atoms with Crippen LogP contribution >= 0.6 is 0 Å². The van der Waals surface area contributed by atoms with Gasteiger partial charge in [0.05, 0.1) is 11.9 Å². The van der Waals surface area contributed by atoms with Crippen LogP contribution in [-0.2, 0) is 11.3 Å². The van der Waals surface area contributed by atoms with Gasteiger partial charge >= 0.3 is 12.0 Å². The van der Waals surface area contributed by atoms with Crippen LogP contribution in [0.15, 0.2) is 12.4 Å². The number of amides is 2. The van der Waals surface area contributed by atoms with Gasteiger partial charge in [0.15, 0.2) is 0 Å². The Morgan fingerprint density at radius 3 is 2.71 bits per heavy atom. The summed E-state index contributed by atoms with van der Waals surface area (Å²) in [5.41, 5.74) is 0.532. The van der Waals surface area contributed by atoms with Crippen LogP contribution in [0.1, 0.15) is 20.3 Å². The summed E-state index contributed by atoms with van der Waals surface area (Å²) in [5, 5.41) is 17.6. The highest BCUT2D eigenvalue weighted by Crippen LogP contribution is 2.04. The highest BCUT2D eigenvalue weighted by molar-refractivity contribution is 5.91. The predicted octanol–water partition coefficient (Wildman–Crippen LogP) is 0.888. The molecule has 0 unspecified atom stereocenters. The number of urea groups is 1. The minimum absolute atomic E-state index is 0.330. The molecule has 0 saturated heterocycles. The molecule has 17 heavy (non-hydrogen) atoms. The van der Waals surface area contributed by atoms with E-state index in [0.717, 1.165) is 0 Å². The monoisotopic (exact) mass is 240 g/mol. The number of hydrogen-bond acceptors (Lipinski definition) is 3. The third kappa shape index (κ3) is 3.78. The predicted molar refractivity (Wildman–Crippen MR) is 61.8 cm³/mol. The number of nitrogens with one attached hydrogen (secondary N) is 2. The van der Waals surface area contributed by atoms with E-state index in [1.165, 1.54) is 6.20 Å². The topological polar surface area (TPSA) is 96.3 Å². The molecule has 0 saturated carbocycles. The maximum Gasteiger partial charge on any atom is 0.326 e. The number of carboxylic acid groups (broad SMARTS) is 1. The zero-order chi connectivity index (χ0) is 12.8. The van der Waals surface area contributed by atoms with Gasteiger partial charge in [0.1, 0.15) is 6.04 Å². The Morgan fingerprint density at radius 2 is 2.24 bits per heavy atom. The molecular weight excluding hydrogens is 224 g/mol. The highest BCUT2D eigenvalue weighted by Gasteiger charge is 2.17. The minimum atomic E-state index is -1.05. The van der Waals surface area contributed by atoms with Gasteiger partial charge in [-0.1, -0.05) is 6.92 Å². The average molecular weight is 240 g/mol. The number of carbonyl (C=O) groups excluding carboxylic acids is 1. The van der Waals surface area contributed by atoms with Crippen LogP contribution in [0.5, 0.6) is 0 Å². The van der Waals surface area contributed by atoms with E-state index < -0.39 is 18.0 Å². The molecule has 2 amide bonds. The van der Waals surface area contributed by atoms with Gasteiger partial charge in [-0.2, -0.15) is 5.10 Å². The fraction of sp³-hybridized carbons (Fsp3) is 0.500. The van der Waals surface area contributed by atoms with E-state index in [-0.39, 0.29) is 0 Å². The zero-order valence-corrected chi connectivity index (χ0v) is 9.80. The van der Waals surface area contributed by atoms with Crippen LogP contribution in [-0.4, -0.2) is 32.9 Å². The van der Waals surface area contributed by atoms with Crippen LogP contribution in [0.25, 0.3) is 0 Å². The van der Waals surface area contributed by atoms with Crippen LogP contribution in [0.3, 0.4) is 0 Å². The second-order valence-electron chi connectivity index (χ2n) is 3.48. The van der Waals surface area contributed by atoms with Crippen molar-refractivity contribution in [2.45, 2.75) is 32.9 Å². The van der Waals surface area contributed by atoms with Gasteiger partial charge in [-0.3, -0.25) is 4.68 Å². The van der Waals surface area contributed by atoms with Crippen molar-refractivity contribution in [2.24, 2.45) is 0 Å². The number of carbonyl (C=O) groups is 2. The lowest BCUT2D eigenvalue weighted by Crippen LogP contribution is -2.42. The maximum atomic E-state index is 11.5. The highest BCUT2D eigenvalue weighted by atomic mass is 16.4. The van der Waals surface area contributed by atoms with E-state index in [9.17, 15) is 9.59 Å². The van der Waals surface area contributed by atoms with Gasteiger partial charge in [-0.05, 0) is 13.3 Å². The van der Waals surface area contributed by atoms with E-state index in [4.69, 9.17) is 5.11 Å². The largest absolute Gasteiger partial charge is 0.480 e. The van der Waals surface area contributed by atoms with Crippen molar-refractivity contribution >= 4 is 17.7 Å². The quantitative estimate of drug-likeness (QED) is 0.712. The van der Waals surface area contributed by atoms with Crippen molar-refractivity contribution in [2.75, 3.05) is 5.32 Å². The number of nitrogens with zero attached hydrogens (tertiary/aromatic N) is 2. The van der Waals surface area contributed by atoms with E-state index in [0.29, 0.717) is 18.7 Å². The van der Waals surface area contributed by atoms with Crippen LogP contribution in [0.2, 0.25) is 0 Å². The normalized spacial score (nSPS) is 11.9. The fourth-order valence-electron chi connectivity index (χ4n) is 1.26. The van der Waals surface area contributed by atoms with Crippen molar-refractivity contribution in [3.8, 4) is 0 Å². The number of aliphatic carboxylic acids is 1. The number of anilines is 1. The Bertz CT molecular complexity index is 402. The molecule has 1 aromatic rings. The molecule has 0 aromatic carbocycles. The van der Waals surface area contributed by atoms with Gasteiger partial charge in [-0.25, -0.2) is 9.59 Å². The zero-order valence-electron chi connectivity index (χ0n) is 9.80. The summed E-state index contributed by atoms with van der Waals surface area (Å²) in [6.45, 7) is 4.32. The summed E-state index contributed by atoms with van der Waals surface area (Å²) >= 11 is 0. The minimum Gasteiger partial charge on any atom is -0.480 e. The molecule has 7 heteroatoms. The molecule has 0 aliphatic rings. The van der Waals surface area contributed by atoms with Crippen molar-refractivity contribution in [1.82, 2.24) is 15.1 Å². The summed E-state index contributed by atoms with van der Waals surface area (Å²) in [6.07, 6.45) is 3.50. The van der Waals surface area contributed by atoms with Crippen LogP contribution < -0.4 is 10.6 Å². The number of rotatable bonds is 5. The van der Waals surface area contributed by atoms with Gasteiger partial charge in [0, 0.05) is 12.7 Å². The fourth-order valence-corrected chi connectivity index (χ4v) is 1.26. The molecule has 0 radical (unpaired) electrons. The molecule has 94 valence electrons. The maximum absolute atomic E-state index is 11.5. The van der Waals surface area contributed by atoms with Gasteiger partial charge in [-0.15, -0.1) is 0 Å². The van der Waals surface area contributed by atoms with Crippen molar-refractivity contribution in [3.63, 3.8) is 0 Å². The van der Waals surface area contributed by atoms with Gasteiger partial charge in [0.2, 0.25) is 0 Å². The Morgan fingerprint density at radius 1 is 1.53 bits per heavy atom. The molecule has 1 rings (SSSR count). The molecule has 1 heterocycles. The molecule has 3 N–H and O–H groups in total. The third-order valence-electron chi connectivity index (χ3n) is 2.23. The SMILES string of the molecule is CC[C@@H](NC(=O)Nc1cnn(CC)c1)C(=O)O. The van der Waals surface area contributed by atoms with Crippen LogP contribution in [0.4, 0.5) is 10.5 Å². The molecule has 0 spiro atoms. The lowest BCUT2D eigenvalue weighted by molar-refractivity contribution is -0.139. The summed E-state index contributed by atoms with van der Waals surface area (Å²) in [6, 6.07) is -1.42. The Balaban J connectivity index is 2.51. The molecule has 7 nitrogen and oxygen atoms in total. The molecule has 0 aliphatic carbocycles. The molecular formula is C10H16N4O3. The standard InChI is InChI=1S/C10H16N4O3/c1-3-8(9(15)16)13-10(17)12-7-5-11-14(4-2)6-7/h5-6,8H,3-4H2,1-2H3,(H,15,16)(H2,12,13,17)/t8-/m1/s1. The summed E-state index contributed by atoms with van der Waals surface area (Å²) in [7, 11) is 0. The number of aryl methyl sites for hydroxylation is 1. The van der Waals surface area contributed by atoms with Crippen LogP contribution in [0, 0.1) is 0 Å². The van der Waals surface area contributed by atoms with Gasteiger partial charge in [0.25, 0.3) is 0 Å². The summed E-state index contributed by atoms with van der Waals surface area (Å²) in [5.74, 6) is -1.05.